The molecule has 0 bridgehead atoms. The first kappa shape index (κ1) is 22.9. The van der Waals surface area contributed by atoms with Crippen LogP contribution in [-0.2, 0) is 32.6 Å². The fraction of sp³-hybridized carbons (Fsp3) is 0.476. The number of rotatable bonds is 8. The van der Waals surface area contributed by atoms with Gasteiger partial charge in [0, 0.05) is 26.2 Å². The predicted octanol–water partition coefficient (Wildman–Crippen LogP) is 2.34. The van der Waals surface area contributed by atoms with Gasteiger partial charge >= 0.3 is 0 Å². The summed E-state index contributed by atoms with van der Waals surface area (Å²) in [4.78, 5) is 14.8. The summed E-state index contributed by atoms with van der Waals surface area (Å²) in [5.41, 5.74) is 2.16. The smallest absolute Gasteiger partial charge is 0.250 e. The van der Waals surface area contributed by atoms with E-state index in [1.165, 1.54) is 6.07 Å². The van der Waals surface area contributed by atoms with Crippen molar-refractivity contribution in [2.75, 3.05) is 13.1 Å². The summed E-state index contributed by atoms with van der Waals surface area (Å²) in [6.07, 6.45) is 0.385. The van der Waals surface area contributed by atoms with Crippen molar-refractivity contribution in [2.45, 2.75) is 56.3 Å². The van der Waals surface area contributed by atoms with Crippen LogP contribution < -0.4 is 10.0 Å². The minimum absolute atomic E-state index is 0.192. The normalized spacial score (nSPS) is 21.3. The number of carbonyl (C=O) groups is 1. The Morgan fingerprint density at radius 3 is 2.47 bits per heavy atom. The van der Waals surface area contributed by atoms with Crippen molar-refractivity contribution >= 4 is 27.3 Å². The molecule has 164 valence electrons. The van der Waals surface area contributed by atoms with Crippen LogP contribution in [0.4, 0.5) is 0 Å². The fourth-order valence-electron chi connectivity index (χ4n) is 3.63. The molecule has 7 nitrogen and oxygen atoms in total. The Balaban J connectivity index is 1.58. The van der Waals surface area contributed by atoms with Gasteiger partial charge in [0.15, 0.2) is 0 Å². The summed E-state index contributed by atoms with van der Waals surface area (Å²) in [6.45, 7) is 8.56. The number of benzene rings is 1. The first-order valence-electron chi connectivity index (χ1n) is 10.0. The molecular weight excluding hydrogens is 422 g/mol. The van der Waals surface area contributed by atoms with Crippen LogP contribution in [0.2, 0.25) is 0 Å². The van der Waals surface area contributed by atoms with Gasteiger partial charge in [-0.1, -0.05) is 30.3 Å². The lowest BCUT2D eigenvalue weighted by atomic mass is 10.1. The number of hydrogen-bond acceptors (Lipinski definition) is 6. The fourth-order valence-corrected chi connectivity index (χ4v) is 5.85. The van der Waals surface area contributed by atoms with Gasteiger partial charge in [0.25, 0.3) is 10.0 Å². The molecule has 1 amide bonds. The lowest BCUT2D eigenvalue weighted by molar-refractivity contribution is -0.122. The summed E-state index contributed by atoms with van der Waals surface area (Å²) < 4.78 is 33.1. The largest absolute Gasteiger partial charge is 0.373 e. The minimum Gasteiger partial charge on any atom is -0.373 e. The van der Waals surface area contributed by atoms with Gasteiger partial charge in [0.1, 0.15) is 4.21 Å². The third-order valence-corrected chi connectivity index (χ3v) is 7.88. The summed E-state index contributed by atoms with van der Waals surface area (Å²) >= 11 is 1.12. The lowest BCUT2D eigenvalue weighted by Crippen LogP contribution is -2.45. The van der Waals surface area contributed by atoms with Crippen LogP contribution in [0.3, 0.4) is 0 Å². The molecule has 1 aromatic carbocycles. The van der Waals surface area contributed by atoms with Crippen molar-refractivity contribution in [1.29, 1.82) is 0 Å². The number of nitrogens with one attached hydrogen (secondary N) is 2. The Morgan fingerprint density at radius 2 is 1.83 bits per heavy atom. The van der Waals surface area contributed by atoms with Gasteiger partial charge in [-0.3, -0.25) is 9.69 Å². The highest BCUT2D eigenvalue weighted by molar-refractivity contribution is 7.91. The molecule has 9 heteroatoms. The Bertz CT molecular complexity index is 937. The molecule has 0 spiro atoms. The highest BCUT2D eigenvalue weighted by atomic mass is 32.2. The third-order valence-electron chi connectivity index (χ3n) is 4.95. The van der Waals surface area contributed by atoms with E-state index in [0.29, 0.717) is 6.54 Å². The number of morpholine rings is 1. The van der Waals surface area contributed by atoms with Crippen molar-refractivity contribution in [3.05, 3.63) is 52.9 Å². The zero-order chi connectivity index (χ0) is 21.7. The Labute approximate surface area is 182 Å². The summed E-state index contributed by atoms with van der Waals surface area (Å²) in [6, 6.07) is 10.3. The van der Waals surface area contributed by atoms with Gasteiger partial charge in [0.05, 0.1) is 18.2 Å². The van der Waals surface area contributed by atoms with Crippen LogP contribution in [0, 0.1) is 0 Å². The molecule has 2 N–H and O–H groups in total. The molecule has 1 aliphatic heterocycles. The number of hydrogen-bond donors (Lipinski definition) is 2. The third kappa shape index (κ3) is 6.12. The zero-order valence-corrected chi connectivity index (χ0v) is 19.1. The maximum Gasteiger partial charge on any atom is 0.250 e. The van der Waals surface area contributed by atoms with Gasteiger partial charge in [-0.05, 0) is 43.3 Å². The monoisotopic (exact) mass is 451 g/mol. The van der Waals surface area contributed by atoms with Gasteiger partial charge in [-0.2, -0.15) is 4.72 Å². The second kappa shape index (κ2) is 10.0. The average Bonchev–Trinajstić information content (AvgIpc) is 3.22. The lowest BCUT2D eigenvalue weighted by Gasteiger charge is -2.35. The molecule has 1 aliphatic rings. The maximum atomic E-state index is 12.5. The standard InChI is InChI=1S/C21H29N3O4S2/c1-15-12-24(13-16(2)28-15)14-19-8-5-4-7-18(19)11-22-21(25)17(3)23-30(26,27)20-9-6-10-29-20/h4-10,15-17,23H,11-14H2,1-3H3,(H,22,25). The number of thiophene rings is 1. The van der Waals surface area contributed by atoms with Gasteiger partial charge < -0.3 is 10.1 Å². The zero-order valence-electron chi connectivity index (χ0n) is 17.5. The summed E-state index contributed by atoms with van der Waals surface area (Å²) in [5.74, 6) is -0.362. The molecule has 1 fully saturated rings. The second-order valence-corrected chi connectivity index (χ2v) is 10.6. The highest BCUT2D eigenvalue weighted by Crippen LogP contribution is 2.18. The molecule has 2 heterocycles. The summed E-state index contributed by atoms with van der Waals surface area (Å²) in [5, 5.41) is 4.54. The SMILES string of the molecule is CC1CN(Cc2ccccc2CNC(=O)C(C)NS(=O)(=O)c2cccs2)CC(C)O1. The van der Waals surface area contributed by atoms with Crippen molar-refractivity contribution in [1.82, 2.24) is 14.9 Å². The quantitative estimate of drug-likeness (QED) is 0.643. The number of carbonyl (C=O) groups excluding carboxylic acids is 1. The summed E-state index contributed by atoms with van der Waals surface area (Å²) in [7, 11) is -3.69. The van der Waals surface area contributed by atoms with E-state index in [1.54, 1.807) is 18.4 Å². The van der Waals surface area contributed by atoms with Crippen molar-refractivity contribution < 1.29 is 17.9 Å². The molecular formula is C21H29N3O4S2. The van der Waals surface area contributed by atoms with Crippen LogP contribution in [0.1, 0.15) is 31.9 Å². The molecule has 3 unspecified atom stereocenters. The molecule has 0 radical (unpaired) electrons. The molecule has 3 rings (SSSR count). The maximum absolute atomic E-state index is 12.5. The molecule has 2 aromatic rings. The van der Waals surface area contributed by atoms with Crippen molar-refractivity contribution in [3.8, 4) is 0 Å². The number of amides is 1. The molecule has 1 aromatic heterocycles. The topological polar surface area (TPSA) is 87.7 Å². The van der Waals surface area contributed by atoms with Crippen LogP contribution in [0.15, 0.2) is 46.0 Å². The molecule has 0 saturated carbocycles. The average molecular weight is 452 g/mol. The number of nitrogens with zero attached hydrogens (tertiary/aromatic N) is 1. The van der Waals surface area contributed by atoms with Crippen LogP contribution >= 0.6 is 11.3 Å². The Kier molecular flexibility index (Phi) is 7.65. The van der Waals surface area contributed by atoms with E-state index in [9.17, 15) is 13.2 Å². The van der Waals surface area contributed by atoms with Crippen LogP contribution in [0.5, 0.6) is 0 Å². The number of sulfonamides is 1. The molecule has 0 aliphatic carbocycles. The van der Waals surface area contributed by atoms with E-state index in [0.717, 1.165) is 42.1 Å². The van der Waals surface area contributed by atoms with Crippen LogP contribution in [0.25, 0.3) is 0 Å². The molecule has 30 heavy (non-hydrogen) atoms. The van der Waals surface area contributed by atoms with E-state index in [4.69, 9.17) is 4.74 Å². The van der Waals surface area contributed by atoms with E-state index in [-0.39, 0.29) is 22.3 Å². The highest BCUT2D eigenvalue weighted by Gasteiger charge is 2.24. The van der Waals surface area contributed by atoms with Gasteiger partial charge in [-0.15, -0.1) is 11.3 Å². The first-order chi connectivity index (χ1) is 14.2. The van der Waals surface area contributed by atoms with Gasteiger partial charge in [-0.25, -0.2) is 8.42 Å². The number of ether oxygens (including phenoxy) is 1. The Morgan fingerprint density at radius 1 is 1.17 bits per heavy atom. The Hall–Kier alpha value is -1.78. The van der Waals surface area contributed by atoms with E-state index in [2.05, 4.69) is 34.9 Å². The van der Waals surface area contributed by atoms with E-state index < -0.39 is 16.1 Å². The van der Waals surface area contributed by atoms with Crippen molar-refractivity contribution in [3.63, 3.8) is 0 Å². The first-order valence-corrected chi connectivity index (χ1v) is 12.4. The van der Waals surface area contributed by atoms with Crippen molar-refractivity contribution in [2.24, 2.45) is 0 Å². The minimum atomic E-state index is -3.69. The van der Waals surface area contributed by atoms with Crippen LogP contribution in [-0.4, -0.2) is 50.6 Å². The predicted molar refractivity (Wildman–Crippen MR) is 118 cm³/mol. The molecule has 3 atom stereocenters. The second-order valence-electron chi connectivity index (χ2n) is 7.71. The molecule has 1 saturated heterocycles. The van der Waals surface area contributed by atoms with E-state index in [1.807, 2.05) is 18.2 Å². The van der Waals surface area contributed by atoms with E-state index >= 15 is 0 Å². The van der Waals surface area contributed by atoms with Gasteiger partial charge in [0.2, 0.25) is 5.91 Å².